The highest BCUT2D eigenvalue weighted by molar-refractivity contribution is 6.00. The lowest BCUT2D eigenvalue weighted by molar-refractivity contribution is -0.157. The molecule has 23 nitrogen and oxygen atoms in total. The highest BCUT2D eigenvalue weighted by Crippen LogP contribution is 2.30. The number of ketones is 3. The van der Waals surface area contributed by atoms with Crippen LogP contribution in [-0.2, 0) is 62.2 Å². The van der Waals surface area contributed by atoms with Crippen LogP contribution in [0.25, 0.3) is 0 Å². The second kappa shape index (κ2) is 39.1. The molecule has 2 aliphatic heterocycles. The molecule has 2 rings (SSSR count). The number of rotatable bonds is 19. The highest BCUT2D eigenvalue weighted by atomic mass is 16.5. The van der Waals surface area contributed by atoms with Crippen molar-refractivity contribution in [1.82, 2.24) is 44.5 Å². The van der Waals surface area contributed by atoms with E-state index in [1.54, 1.807) is 48.7 Å². The number of nitrogens with zero attached hydrogens (tertiary/aromatic N) is 8. The van der Waals surface area contributed by atoms with Crippen molar-refractivity contribution < 1.29 is 67.3 Å². The van der Waals surface area contributed by atoms with Gasteiger partial charge in [-0.25, -0.2) is 0 Å². The van der Waals surface area contributed by atoms with E-state index in [9.17, 15) is 24.3 Å². The Kier molecular flexibility index (Phi) is 35.3. The lowest BCUT2D eigenvalue weighted by atomic mass is 9.83. The topological polar surface area (TPSA) is 264 Å². The number of nitrogens with one attached hydrogen (secondary N) is 1. The zero-order valence-electron chi connectivity index (χ0n) is 62.5. The summed E-state index contributed by atoms with van der Waals surface area (Å²) in [6.07, 6.45) is 0.0943. The van der Waals surface area contributed by atoms with E-state index < -0.39 is 149 Å². The summed E-state index contributed by atoms with van der Waals surface area (Å²) in [5.41, 5.74) is 0. The Bertz CT molecular complexity index is 2530. The molecule has 540 valence electrons. The van der Waals surface area contributed by atoms with Gasteiger partial charge in [0.25, 0.3) is 0 Å². The molecule has 15 atom stereocenters. The van der Waals surface area contributed by atoms with E-state index in [0.29, 0.717) is 45.7 Å². The van der Waals surface area contributed by atoms with Crippen molar-refractivity contribution in [1.29, 1.82) is 0 Å². The predicted molar refractivity (Wildman–Crippen MR) is 364 cm³/mol. The quantitative estimate of drug-likeness (QED) is 0.148. The summed E-state index contributed by atoms with van der Waals surface area (Å²) in [5.74, 6) is -11.2. The van der Waals surface area contributed by atoms with Gasteiger partial charge in [0.2, 0.25) is 47.3 Å². The van der Waals surface area contributed by atoms with Crippen LogP contribution in [0.5, 0.6) is 0 Å². The third kappa shape index (κ3) is 23.1. The lowest BCUT2D eigenvalue weighted by Crippen LogP contribution is -2.63. The number of methoxy groups -OCH3 is 1. The smallest absolute Gasteiger partial charge is 0.246 e. The van der Waals surface area contributed by atoms with Gasteiger partial charge in [-0.2, -0.15) is 0 Å². The summed E-state index contributed by atoms with van der Waals surface area (Å²) in [4.78, 5) is 176. The molecular weight excluding hydrogens is 1200 g/mol. The van der Waals surface area contributed by atoms with E-state index in [1.165, 1.54) is 85.7 Å². The summed E-state index contributed by atoms with van der Waals surface area (Å²) in [6, 6.07) is -9.67. The maximum Gasteiger partial charge on any atom is 0.246 e. The first-order valence-electron chi connectivity index (χ1n) is 34.9. The maximum absolute atomic E-state index is 15.4. The van der Waals surface area contributed by atoms with E-state index in [1.807, 2.05) is 69.2 Å². The molecule has 23 heteroatoms. The molecule has 0 radical (unpaired) electrons. The van der Waals surface area contributed by atoms with Gasteiger partial charge in [-0.05, 0) is 80.5 Å². The largest absolute Gasteiger partial charge is 0.390 e. The first-order chi connectivity index (χ1) is 43.6. The fourth-order valence-corrected chi connectivity index (χ4v) is 13.6. The fourth-order valence-electron chi connectivity index (χ4n) is 13.6. The van der Waals surface area contributed by atoms with E-state index in [-0.39, 0.29) is 80.4 Å². The minimum atomic E-state index is -1.59. The second-order valence-corrected chi connectivity index (χ2v) is 29.8. The monoisotopic (exact) mass is 1330 g/mol. The van der Waals surface area contributed by atoms with Crippen molar-refractivity contribution in [3.05, 3.63) is 0 Å². The molecule has 0 saturated carbocycles. The van der Waals surface area contributed by atoms with Crippen LogP contribution in [0.4, 0.5) is 0 Å². The number of aliphatic hydroxyl groups is 1. The molecule has 0 aromatic carbocycles. The zero-order valence-corrected chi connectivity index (χ0v) is 62.5. The van der Waals surface area contributed by atoms with Gasteiger partial charge in [0, 0.05) is 113 Å². The molecule has 94 heavy (non-hydrogen) atoms. The van der Waals surface area contributed by atoms with E-state index >= 15 is 33.6 Å². The molecule has 0 bridgehead atoms. The SMILES string of the molecule is CCCC[C@@H](C)[C@@H](O)[C@H]1C(=O)N[C@@H](CC)C(=O)N(C)[C@H](C)C(=O)N(C)[C@@H]([C@@H](C)CN2CCO[C@H](COC)C2)C(=O)C[C@@H](C(C)C)C(=O)N(C)[C@@H](CC(C)C)C(=O)C[C@@H](C)C(=O)C[C@H](C)C(=O)N(C)[C@@H](CC(C)C)C(=O)N(C)[C@@H](CC(C)C)C(=O)N(C)[C@@H](C(C)C)C(=O)N1C. The standard InChI is InChI=1S/C71H127N9O14/c1-26-28-29-46(13)63(84)62-64(85)72-53(27-2)68(89)73(18)50(17)66(87)78(23)61(49(16)38-80-30-31-94-51(39-80)40-93-25)59(83)37-52(44(9)10)67(88)74(19)54(32-41(3)4)58(82)35-47(14)57(81)36-48(15)65(86)75(20)55(33-42(5)6)69(90)76(21)56(34-43(7)8)70(91)77(22)60(45(11)12)71(92)79(62)24/h41-56,60-63,84H,26-40H2,1-25H3,(H,72,85)/t46-,47-,48+,49+,50-,51+,52+,53+,54+,55+,56+,60+,61+,62+,63-/m1/s1. The van der Waals surface area contributed by atoms with Gasteiger partial charge in [0.05, 0.1) is 37.5 Å². The van der Waals surface area contributed by atoms with Gasteiger partial charge in [0.1, 0.15) is 42.0 Å². The molecule has 8 amide bonds. The Labute approximate surface area is 565 Å². The number of morpholine rings is 1. The Hall–Kier alpha value is -5.39. The molecule has 2 heterocycles. The van der Waals surface area contributed by atoms with Crippen LogP contribution in [0.3, 0.4) is 0 Å². The number of amides is 8. The zero-order chi connectivity index (χ0) is 72.2. The normalized spacial score (nSPS) is 28.7. The molecule has 0 spiro atoms. The number of likely N-dealkylation sites (N-methyl/N-ethyl adjacent to an activating group) is 7. The van der Waals surface area contributed by atoms with Crippen molar-refractivity contribution >= 4 is 64.6 Å². The third-order valence-electron chi connectivity index (χ3n) is 19.7. The molecule has 0 aliphatic carbocycles. The number of hydrogen-bond acceptors (Lipinski definition) is 15. The van der Waals surface area contributed by atoms with E-state index in [0.717, 1.165) is 11.3 Å². The lowest BCUT2D eigenvalue weighted by Gasteiger charge is -2.42. The summed E-state index contributed by atoms with van der Waals surface area (Å²) in [7, 11) is 11.9. The third-order valence-corrected chi connectivity index (χ3v) is 19.7. The highest BCUT2D eigenvalue weighted by Gasteiger charge is 2.47. The maximum atomic E-state index is 15.4. The van der Waals surface area contributed by atoms with Crippen LogP contribution in [0, 0.1) is 59.2 Å². The minimum Gasteiger partial charge on any atom is -0.390 e. The Morgan fingerprint density at radius 2 is 1.02 bits per heavy atom. The molecule has 0 aromatic heterocycles. The van der Waals surface area contributed by atoms with Crippen molar-refractivity contribution in [2.24, 2.45) is 59.2 Å². The first kappa shape index (κ1) is 84.7. The molecular formula is C71H127N9O14. The number of aliphatic hydroxyl groups excluding tert-OH is 1. The van der Waals surface area contributed by atoms with Gasteiger partial charge in [-0.1, -0.05) is 124 Å². The summed E-state index contributed by atoms with van der Waals surface area (Å²) < 4.78 is 11.4. The molecule has 2 fully saturated rings. The average Bonchev–Trinajstić information content (AvgIpc) is 0.818. The Morgan fingerprint density at radius 1 is 0.532 bits per heavy atom. The summed E-state index contributed by atoms with van der Waals surface area (Å²) in [6.45, 7) is 32.7. The molecule has 2 saturated heterocycles. The van der Waals surface area contributed by atoms with Crippen LogP contribution >= 0.6 is 0 Å². The summed E-state index contributed by atoms with van der Waals surface area (Å²) in [5, 5.41) is 15.1. The van der Waals surface area contributed by atoms with Crippen molar-refractivity contribution in [3.63, 3.8) is 0 Å². The van der Waals surface area contributed by atoms with Gasteiger partial charge >= 0.3 is 0 Å². The van der Waals surface area contributed by atoms with Crippen LogP contribution in [0.1, 0.15) is 182 Å². The number of carbonyl (C=O) groups is 11. The number of Topliss-reactive ketones (excluding diaryl/α,β-unsaturated/α-hetero) is 3. The molecule has 2 aliphatic rings. The van der Waals surface area contributed by atoms with Crippen LogP contribution in [0.2, 0.25) is 0 Å². The Morgan fingerprint density at radius 3 is 1.52 bits per heavy atom. The van der Waals surface area contributed by atoms with Crippen molar-refractivity contribution in [3.8, 4) is 0 Å². The number of carbonyl (C=O) groups excluding carboxylic acids is 11. The van der Waals surface area contributed by atoms with Crippen molar-refractivity contribution in [2.75, 3.05) is 89.3 Å². The van der Waals surface area contributed by atoms with E-state index in [2.05, 4.69) is 10.2 Å². The Balaban J connectivity index is 3.06. The van der Waals surface area contributed by atoms with Gasteiger partial charge in [-0.15, -0.1) is 0 Å². The van der Waals surface area contributed by atoms with Crippen LogP contribution < -0.4 is 5.32 Å². The number of unbranched alkanes of at least 4 members (excludes halogenated alkanes) is 1. The molecule has 0 unspecified atom stereocenters. The molecule has 0 aromatic rings. The molecule has 2 N–H and O–H groups in total. The first-order valence-corrected chi connectivity index (χ1v) is 34.9. The second-order valence-electron chi connectivity index (χ2n) is 29.8. The van der Waals surface area contributed by atoms with Crippen LogP contribution in [-0.4, -0.2) is 259 Å². The average molecular weight is 1330 g/mol. The van der Waals surface area contributed by atoms with Gasteiger partial charge in [-0.3, -0.25) is 57.6 Å². The van der Waals surface area contributed by atoms with Crippen LogP contribution in [0.15, 0.2) is 0 Å². The fraction of sp³-hybridized carbons (Fsp3) is 0.845. The predicted octanol–water partition coefficient (Wildman–Crippen LogP) is 6.09. The number of hydrogen-bond donors (Lipinski definition) is 2. The van der Waals surface area contributed by atoms with Gasteiger partial charge < -0.3 is 54.2 Å². The van der Waals surface area contributed by atoms with Gasteiger partial charge in [0.15, 0.2) is 11.6 Å². The minimum absolute atomic E-state index is 0.0233. The summed E-state index contributed by atoms with van der Waals surface area (Å²) >= 11 is 0. The van der Waals surface area contributed by atoms with Crippen molar-refractivity contribution in [2.45, 2.75) is 242 Å². The van der Waals surface area contributed by atoms with E-state index in [4.69, 9.17) is 9.47 Å². The number of ether oxygens (including phenoxy) is 2.